The SMILES string of the molecule is CCCCCCCSc1ccc(NC(=O)c2cc(N3CCN(C(=O)OC(C)(C)C)C4(CC4)C3)ccc2N(C)S(C)(=O)=O)cc1. The van der Waals surface area contributed by atoms with E-state index >= 15 is 0 Å². The molecule has 1 N–H and O–H groups in total. The number of benzene rings is 2. The largest absolute Gasteiger partial charge is 0.444 e. The lowest BCUT2D eigenvalue weighted by atomic mass is 10.1. The van der Waals surface area contributed by atoms with Crippen molar-refractivity contribution in [2.45, 2.75) is 88.7 Å². The lowest BCUT2D eigenvalue weighted by molar-refractivity contribution is 0.0106. The molecule has 2 aliphatic rings. The Morgan fingerprint density at radius 2 is 1.70 bits per heavy atom. The van der Waals surface area contributed by atoms with Gasteiger partial charge in [0, 0.05) is 43.0 Å². The summed E-state index contributed by atoms with van der Waals surface area (Å²) >= 11 is 1.81. The number of nitrogens with one attached hydrogen (secondary N) is 1. The van der Waals surface area contributed by atoms with E-state index in [2.05, 4.69) is 17.1 Å². The van der Waals surface area contributed by atoms with Gasteiger partial charge in [0.05, 0.1) is 23.0 Å². The van der Waals surface area contributed by atoms with Gasteiger partial charge in [0.25, 0.3) is 5.91 Å². The Balaban J connectivity index is 1.49. The van der Waals surface area contributed by atoms with Gasteiger partial charge in [-0.05, 0) is 88.3 Å². The number of anilines is 3. The highest BCUT2D eigenvalue weighted by atomic mass is 32.2. The highest BCUT2D eigenvalue weighted by Crippen LogP contribution is 2.46. The second-order valence-electron chi connectivity index (χ2n) is 13.0. The fourth-order valence-electron chi connectivity index (χ4n) is 5.46. The molecular weight excluding hydrogens is 597 g/mol. The number of carbonyl (C=O) groups is 2. The van der Waals surface area contributed by atoms with E-state index in [1.54, 1.807) is 12.1 Å². The van der Waals surface area contributed by atoms with E-state index in [9.17, 15) is 18.0 Å². The average Bonchev–Trinajstić information content (AvgIpc) is 3.72. The van der Waals surface area contributed by atoms with Gasteiger partial charge in [0.1, 0.15) is 5.60 Å². The van der Waals surface area contributed by atoms with Crippen molar-refractivity contribution in [1.82, 2.24) is 4.90 Å². The van der Waals surface area contributed by atoms with E-state index in [1.807, 2.05) is 67.8 Å². The molecule has 1 aliphatic carbocycles. The molecule has 2 aromatic rings. The van der Waals surface area contributed by atoms with Gasteiger partial charge in [-0.15, -0.1) is 11.8 Å². The summed E-state index contributed by atoms with van der Waals surface area (Å²) < 4.78 is 31.8. The lowest BCUT2D eigenvalue weighted by Crippen LogP contribution is -2.58. The van der Waals surface area contributed by atoms with Gasteiger partial charge in [0.2, 0.25) is 10.0 Å². The van der Waals surface area contributed by atoms with E-state index in [1.165, 1.54) is 39.2 Å². The summed E-state index contributed by atoms with van der Waals surface area (Å²) in [4.78, 5) is 31.8. The average molecular weight is 645 g/mol. The Hall–Kier alpha value is -2.92. The minimum absolute atomic E-state index is 0.264. The van der Waals surface area contributed by atoms with Crippen LogP contribution in [0.15, 0.2) is 47.4 Å². The molecule has 1 saturated carbocycles. The highest BCUT2D eigenvalue weighted by Gasteiger charge is 2.54. The molecule has 1 heterocycles. The van der Waals surface area contributed by atoms with Crippen molar-refractivity contribution in [1.29, 1.82) is 0 Å². The maximum absolute atomic E-state index is 13.7. The van der Waals surface area contributed by atoms with Gasteiger partial charge < -0.3 is 15.0 Å². The predicted molar refractivity (Wildman–Crippen MR) is 181 cm³/mol. The van der Waals surface area contributed by atoms with Crippen LogP contribution in [0.25, 0.3) is 0 Å². The maximum atomic E-state index is 13.7. The van der Waals surface area contributed by atoms with Gasteiger partial charge >= 0.3 is 6.09 Å². The third-order valence-electron chi connectivity index (χ3n) is 8.15. The Labute approximate surface area is 267 Å². The molecule has 0 unspecified atom stereocenters. The van der Waals surface area contributed by atoms with Crippen LogP contribution in [0.2, 0.25) is 0 Å². The number of rotatable bonds is 12. The topological polar surface area (TPSA) is 99.3 Å². The first-order chi connectivity index (χ1) is 20.7. The molecule has 242 valence electrons. The third kappa shape index (κ3) is 8.84. The fraction of sp³-hybridized carbons (Fsp3) is 0.576. The second-order valence-corrected chi connectivity index (χ2v) is 16.1. The van der Waals surface area contributed by atoms with Crippen molar-refractivity contribution >= 4 is 50.8 Å². The number of ether oxygens (including phenoxy) is 1. The summed E-state index contributed by atoms with van der Waals surface area (Å²) in [5.41, 5.74) is 1.16. The molecule has 1 spiro atoms. The molecule has 11 heteroatoms. The minimum Gasteiger partial charge on any atom is -0.444 e. The summed E-state index contributed by atoms with van der Waals surface area (Å²) in [6.07, 6.45) is 8.84. The van der Waals surface area contributed by atoms with Crippen LogP contribution >= 0.6 is 11.8 Å². The molecule has 2 aromatic carbocycles. The van der Waals surface area contributed by atoms with Crippen molar-refractivity contribution in [3.63, 3.8) is 0 Å². The Morgan fingerprint density at radius 3 is 2.32 bits per heavy atom. The normalized spacial score (nSPS) is 16.1. The van der Waals surface area contributed by atoms with Gasteiger partial charge in [-0.2, -0.15) is 0 Å². The Kier molecular flexibility index (Phi) is 10.8. The van der Waals surface area contributed by atoms with Gasteiger partial charge in [-0.1, -0.05) is 32.6 Å². The van der Waals surface area contributed by atoms with Crippen molar-refractivity contribution in [3.8, 4) is 0 Å². The minimum atomic E-state index is -3.61. The molecule has 0 atom stereocenters. The molecule has 2 fully saturated rings. The zero-order valence-electron chi connectivity index (χ0n) is 27.0. The Bertz CT molecular complexity index is 1420. The highest BCUT2D eigenvalue weighted by molar-refractivity contribution is 7.99. The summed E-state index contributed by atoms with van der Waals surface area (Å²) in [5, 5.41) is 2.97. The van der Waals surface area contributed by atoms with Crippen molar-refractivity contribution in [2.75, 3.05) is 53.2 Å². The summed E-state index contributed by atoms with van der Waals surface area (Å²) in [7, 11) is -2.15. The number of amides is 2. The molecule has 0 bridgehead atoms. The van der Waals surface area contributed by atoms with Crippen LogP contribution < -0.4 is 14.5 Å². The quantitative estimate of drug-likeness (QED) is 0.196. The molecule has 9 nitrogen and oxygen atoms in total. The smallest absolute Gasteiger partial charge is 0.410 e. The zero-order valence-corrected chi connectivity index (χ0v) is 28.7. The number of sulfonamides is 1. The summed E-state index contributed by atoms with van der Waals surface area (Å²) in [6, 6.07) is 13.1. The number of nitrogens with zero attached hydrogens (tertiary/aromatic N) is 3. The van der Waals surface area contributed by atoms with Gasteiger partial charge in [-0.25, -0.2) is 13.2 Å². The van der Waals surface area contributed by atoms with E-state index < -0.39 is 15.6 Å². The number of thioether (sulfide) groups is 1. The van der Waals surface area contributed by atoms with Crippen LogP contribution in [0.4, 0.5) is 21.9 Å². The second kappa shape index (κ2) is 14.0. The molecule has 44 heavy (non-hydrogen) atoms. The molecule has 1 aliphatic heterocycles. The monoisotopic (exact) mass is 644 g/mol. The first-order valence-electron chi connectivity index (χ1n) is 15.6. The van der Waals surface area contributed by atoms with Crippen molar-refractivity contribution in [2.24, 2.45) is 0 Å². The van der Waals surface area contributed by atoms with E-state index in [0.29, 0.717) is 31.0 Å². The lowest BCUT2D eigenvalue weighted by Gasteiger charge is -2.43. The van der Waals surface area contributed by atoms with E-state index in [0.717, 1.165) is 39.7 Å². The van der Waals surface area contributed by atoms with Crippen LogP contribution in [-0.2, 0) is 14.8 Å². The van der Waals surface area contributed by atoms with E-state index in [-0.39, 0.29) is 23.1 Å². The maximum Gasteiger partial charge on any atom is 0.410 e. The number of hydrogen-bond acceptors (Lipinski definition) is 7. The Morgan fingerprint density at radius 1 is 1.02 bits per heavy atom. The standard InChI is InChI=1S/C33H48N4O5S2/c1-7-8-9-10-11-22-43-27-15-12-25(13-16-27)34-30(38)28-23-26(14-17-29(28)35(5)44(6,40)41)36-20-21-37(33(24-36)18-19-33)31(39)42-32(2,3)4/h12-17,23H,7-11,18-22,24H2,1-6H3,(H,34,38). The van der Waals surface area contributed by atoms with Crippen LogP contribution in [0, 0.1) is 0 Å². The predicted octanol–water partition coefficient (Wildman–Crippen LogP) is 6.99. The summed E-state index contributed by atoms with van der Waals surface area (Å²) in [5.74, 6) is 0.679. The number of piperazine rings is 1. The number of carbonyl (C=O) groups excluding carboxylic acids is 2. The zero-order chi connectivity index (χ0) is 32.1. The fourth-order valence-corrected chi connectivity index (χ4v) is 6.89. The van der Waals surface area contributed by atoms with Crippen LogP contribution in [-0.4, -0.2) is 75.1 Å². The van der Waals surface area contributed by atoms with Gasteiger partial charge in [0.15, 0.2) is 0 Å². The first kappa shape index (κ1) is 34.0. The van der Waals surface area contributed by atoms with Crippen LogP contribution in [0.3, 0.4) is 0 Å². The molecule has 0 radical (unpaired) electrons. The van der Waals surface area contributed by atoms with Crippen LogP contribution in [0.5, 0.6) is 0 Å². The molecule has 2 amide bonds. The molecule has 1 saturated heterocycles. The molecule has 4 rings (SSSR count). The summed E-state index contributed by atoms with van der Waals surface area (Å²) in [6.45, 7) is 9.51. The first-order valence-corrected chi connectivity index (χ1v) is 18.4. The number of hydrogen-bond donors (Lipinski definition) is 1. The van der Waals surface area contributed by atoms with Gasteiger partial charge in [-0.3, -0.25) is 14.0 Å². The van der Waals surface area contributed by atoms with Crippen LogP contribution in [0.1, 0.15) is 83.0 Å². The molecule has 0 aromatic heterocycles. The molecular formula is C33H48N4O5S2. The van der Waals surface area contributed by atoms with Crippen molar-refractivity contribution in [3.05, 3.63) is 48.0 Å². The van der Waals surface area contributed by atoms with Crippen molar-refractivity contribution < 1.29 is 22.7 Å². The third-order valence-corrected chi connectivity index (χ3v) is 10.4. The number of unbranched alkanes of at least 4 members (excludes halogenated alkanes) is 4. The van der Waals surface area contributed by atoms with E-state index in [4.69, 9.17) is 4.74 Å².